The Kier molecular flexibility index (Phi) is 2.57. The van der Waals surface area contributed by atoms with Gasteiger partial charge in [-0.25, -0.2) is 0 Å². The van der Waals surface area contributed by atoms with E-state index in [0.717, 1.165) is 12.2 Å². The van der Waals surface area contributed by atoms with Gasteiger partial charge in [0.25, 0.3) is 0 Å². The molecule has 0 fully saturated rings. The molecule has 1 aliphatic heterocycles. The molecule has 3 nitrogen and oxygen atoms in total. The zero-order chi connectivity index (χ0) is 11.7. The lowest BCUT2D eigenvalue weighted by atomic mass is 10.1. The molecule has 0 amide bonds. The van der Waals surface area contributed by atoms with Crippen molar-refractivity contribution < 1.29 is 0 Å². The Balaban J connectivity index is 1.98. The van der Waals surface area contributed by atoms with Crippen LogP contribution in [0.3, 0.4) is 0 Å². The van der Waals surface area contributed by atoms with Gasteiger partial charge in [0.2, 0.25) is 0 Å². The molecular weight excluding hydrogens is 230 g/mol. The molecule has 0 aliphatic carbocycles. The standard InChI is InChI=1S/C13H13N3S/c14-13-15-8-12(10-6-7-17-9-10)16(13)11-4-2-1-3-5-11/h1-7,9,12H,8H2,(H2,14,15). The molecule has 0 saturated heterocycles. The molecule has 1 atom stereocenters. The summed E-state index contributed by atoms with van der Waals surface area (Å²) in [5.41, 5.74) is 8.37. The smallest absolute Gasteiger partial charge is 0.196 e. The summed E-state index contributed by atoms with van der Waals surface area (Å²) in [4.78, 5) is 6.46. The SMILES string of the molecule is NC1=NCC(c2ccsc2)N1c1ccccc1. The predicted octanol–water partition coefficient (Wildman–Crippen LogP) is 2.62. The maximum absolute atomic E-state index is 5.99. The summed E-state index contributed by atoms with van der Waals surface area (Å²) in [5.74, 6) is 0.604. The van der Waals surface area contributed by atoms with E-state index in [0.29, 0.717) is 5.96 Å². The first kappa shape index (κ1) is 10.4. The first-order valence-electron chi connectivity index (χ1n) is 5.52. The Morgan fingerprint density at radius 2 is 2.06 bits per heavy atom. The van der Waals surface area contributed by atoms with Crippen LogP contribution in [0.15, 0.2) is 52.2 Å². The minimum atomic E-state index is 0.239. The number of hydrogen-bond donors (Lipinski definition) is 1. The molecule has 0 radical (unpaired) electrons. The monoisotopic (exact) mass is 243 g/mol. The number of anilines is 1. The molecule has 1 aliphatic rings. The number of benzene rings is 1. The number of aliphatic imine (C=N–C) groups is 1. The highest BCUT2D eigenvalue weighted by Gasteiger charge is 2.28. The van der Waals surface area contributed by atoms with E-state index in [4.69, 9.17) is 5.73 Å². The first-order valence-corrected chi connectivity index (χ1v) is 6.47. The summed E-state index contributed by atoms with van der Waals surface area (Å²) < 4.78 is 0. The summed E-state index contributed by atoms with van der Waals surface area (Å²) >= 11 is 1.71. The van der Waals surface area contributed by atoms with Crippen LogP contribution in [0.25, 0.3) is 0 Å². The topological polar surface area (TPSA) is 41.6 Å². The van der Waals surface area contributed by atoms with Gasteiger partial charge in [0.15, 0.2) is 5.96 Å². The zero-order valence-electron chi connectivity index (χ0n) is 9.28. The Hall–Kier alpha value is -1.81. The van der Waals surface area contributed by atoms with Gasteiger partial charge < -0.3 is 10.6 Å². The summed E-state index contributed by atoms with van der Waals surface area (Å²) in [6.07, 6.45) is 0. The second-order valence-electron chi connectivity index (χ2n) is 3.98. The molecule has 1 aromatic carbocycles. The van der Waals surface area contributed by atoms with Gasteiger partial charge in [-0.2, -0.15) is 11.3 Å². The van der Waals surface area contributed by atoms with E-state index in [1.54, 1.807) is 11.3 Å². The fraction of sp³-hybridized carbons (Fsp3) is 0.154. The van der Waals surface area contributed by atoms with Crippen molar-refractivity contribution in [3.05, 3.63) is 52.7 Å². The lowest BCUT2D eigenvalue weighted by Crippen LogP contribution is -2.35. The third-order valence-electron chi connectivity index (χ3n) is 2.95. The molecule has 4 heteroatoms. The van der Waals surface area contributed by atoms with Crippen LogP contribution in [0.4, 0.5) is 5.69 Å². The molecule has 0 saturated carbocycles. The van der Waals surface area contributed by atoms with Crippen molar-refractivity contribution in [2.75, 3.05) is 11.4 Å². The van der Waals surface area contributed by atoms with Crippen molar-refractivity contribution in [3.8, 4) is 0 Å². The van der Waals surface area contributed by atoms with Gasteiger partial charge in [0.1, 0.15) is 0 Å². The fourth-order valence-electron chi connectivity index (χ4n) is 2.12. The second kappa shape index (κ2) is 4.22. The van der Waals surface area contributed by atoms with Gasteiger partial charge in [0, 0.05) is 5.69 Å². The van der Waals surface area contributed by atoms with E-state index in [-0.39, 0.29) is 6.04 Å². The maximum Gasteiger partial charge on any atom is 0.196 e. The van der Waals surface area contributed by atoms with Gasteiger partial charge in [-0.3, -0.25) is 4.99 Å². The van der Waals surface area contributed by atoms with Crippen molar-refractivity contribution >= 4 is 23.0 Å². The van der Waals surface area contributed by atoms with E-state index >= 15 is 0 Å². The van der Waals surface area contributed by atoms with Crippen molar-refractivity contribution in [3.63, 3.8) is 0 Å². The zero-order valence-corrected chi connectivity index (χ0v) is 10.1. The minimum Gasteiger partial charge on any atom is -0.369 e. The van der Waals surface area contributed by atoms with E-state index < -0.39 is 0 Å². The molecule has 2 heterocycles. The van der Waals surface area contributed by atoms with Gasteiger partial charge in [-0.05, 0) is 34.5 Å². The Morgan fingerprint density at radius 1 is 1.24 bits per heavy atom. The summed E-state index contributed by atoms with van der Waals surface area (Å²) in [7, 11) is 0. The molecule has 17 heavy (non-hydrogen) atoms. The van der Waals surface area contributed by atoms with Gasteiger partial charge in [-0.15, -0.1) is 0 Å². The molecule has 0 spiro atoms. The molecule has 2 N–H and O–H groups in total. The van der Waals surface area contributed by atoms with Gasteiger partial charge in [0.05, 0.1) is 12.6 Å². The van der Waals surface area contributed by atoms with Crippen LogP contribution < -0.4 is 10.6 Å². The Bertz CT molecular complexity index is 519. The lowest BCUT2D eigenvalue weighted by molar-refractivity contribution is 0.772. The number of hydrogen-bond acceptors (Lipinski definition) is 4. The van der Waals surface area contributed by atoms with Gasteiger partial charge >= 0.3 is 0 Å². The van der Waals surface area contributed by atoms with Crippen LogP contribution in [0.1, 0.15) is 11.6 Å². The number of nitrogens with zero attached hydrogens (tertiary/aromatic N) is 2. The molecule has 1 aromatic heterocycles. The van der Waals surface area contributed by atoms with Gasteiger partial charge in [-0.1, -0.05) is 18.2 Å². The van der Waals surface area contributed by atoms with Crippen LogP contribution in [0.5, 0.6) is 0 Å². The largest absolute Gasteiger partial charge is 0.369 e. The molecule has 3 rings (SSSR count). The summed E-state index contributed by atoms with van der Waals surface area (Å²) in [6.45, 7) is 0.734. The summed E-state index contributed by atoms with van der Waals surface area (Å²) in [5, 5.41) is 4.25. The van der Waals surface area contributed by atoms with E-state index in [2.05, 4.69) is 38.9 Å². The lowest BCUT2D eigenvalue weighted by Gasteiger charge is -2.25. The van der Waals surface area contributed by atoms with Crippen LogP contribution in [-0.2, 0) is 0 Å². The highest BCUT2D eigenvalue weighted by molar-refractivity contribution is 7.08. The number of rotatable bonds is 2. The van der Waals surface area contributed by atoms with Crippen LogP contribution in [-0.4, -0.2) is 12.5 Å². The quantitative estimate of drug-likeness (QED) is 0.881. The molecular formula is C13H13N3S. The summed E-state index contributed by atoms with van der Waals surface area (Å²) in [6, 6.07) is 12.5. The Morgan fingerprint density at radius 3 is 2.76 bits per heavy atom. The molecule has 86 valence electrons. The third kappa shape index (κ3) is 1.80. The van der Waals surface area contributed by atoms with Crippen molar-refractivity contribution in [2.24, 2.45) is 10.7 Å². The molecule has 1 unspecified atom stereocenters. The van der Waals surface area contributed by atoms with Crippen molar-refractivity contribution in [1.29, 1.82) is 0 Å². The normalized spacial score (nSPS) is 19.4. The highest BCUT2D eigenvalue weighted by atomic mass is 32.1. The number of para-hydroxylation sites is 1. The van der Waals surface area contributed by atoms with Crippen molar-refractivity contribution in [2.45, 2.75) is 6.04 Å². The first-order chi connectivity index (χ1) is 8.36. The average molecular weight is 243 g/mol. The minimum absolute atomic E-state index is 0.239. The van der Waals surface area contributed by atoms with Crippen LogP contribution in [0, 0.1) is 0 Å². The number of nitrogens with two attached hydrogens (primary N) is 1. The predicted molar refractivity (Wildman–Crippen MR) is 72.5 cm³/mol. The van der Waals surface area contributed by atoms with E-state index in [1.807, 2.05) is 18.2 Å². The number of thiophene rings is 1. The average Bonchev–Trinajstić information content (AvgIpc) is 2.98. The molecule has 0 bridgehead atoms. The maximum atomic E-state index is 5.99. The highest BCUT2D eigenvalue weighted by Crippen LogP contribution is 2.31. The molecule has 2 aromatic rings. The second-order valence-corrected chi connectivity index (χ2v) is 4.76. The van der Waals surface area contributed by atoms with E-state index in [1.165, 1.54) is 5.56 Å². The number of guanidine groups is 1. The van der Waals surface area contributed by atoms with Crippen LogP contribution in [0.2, 0.25) is 0 Å². The van der Waals surface area contributed by atoms with E-state index in [9.17, 15) is 0 Å². The third-order valence-corrected chi connectivity index (χ3v) is 3.65. The van der Waals surface area contributed by atoms with Crippen molar-refractivity contribution in [1.82, 2.24) is 0 Å². The fourth-order valence-corrected chi connectivity index (χ4v) is 2.82. The Labute approximate surface area is 104 Å². The van der Waals surface area contributed by atoms with Crippen LogP contribution >= 0.6 is 11.3 Å².